The van der Waals surface area contributed by atoms with Gasteiger partial charge in [-0.25, -0.2) is 0 Å². The summed E-state index contributed by atoms with van der Waals surface area (Å²) in [4.78, 5) is 42.4. The molecule has 0 aliphatic carbocycles. The van der Waals surface area contributed by atoms with E-state index in [0.29, 0.717) is 24.2 Å². The fourth-order valence-corrected chi connectivity index (χ4v) is 4.31. The lowest BCUT2D eigenvalue weighted by atomic mass is 10.1. The number of carbonyl (C=O) groups excluding carboxylic acids is 3. The second-order valence-electron chi connectivity index (χ2n) is 7.75. The summed E-state index contributed by atoms with van der Waals surface area (Å²) in [6.45, 7) is 4.26. The Kier molecular flexibility index (Phi) is 5.09. The second kappa shape index (κ2) is 7.70. The van der Waals surface area contributed by atoms with E-state index >= 15 is 0 Å². The van der Waals surface area contributed by atoms with E-state index in [2.05, 4.69) is 5.32 Å². The molecule has 3 amide bonds. The number of rotatable bonds is 4. The molecule has 0 radical (unpaired) electrons. The SMILES string of the molecule is Cc1cccc2c1N(CC(=O)NC(C)c1ccccc1)C(=O)C1CCCN1C2=O. The zero-order valence-corrected chi connectivity index (χ0v) is 16.7. The van der Waals surface area contributed by atoms with Crippen LogP contribution >= 0.6 is 0 Å². The first-order valence-electron chi connectivity index (χ1n) is 10.0. The Morgan fingerprint density at radius 3 is 2.66 bits per heavy atom. The number of benzene rings is 2. The lowest BCUT2D eigenvalue weighted by Crippen LogP contribution is -2.48. The van der Waals surface area contributed by atoms with E-state index < -0.39 is 6.04 Å². The highest BCUT2D eigenvalue weighted by Gasteiger charge is 2.42. The molecular formula is C23H25N3O3. The van der Waals surface area contributed by atoms with Gasteiger partial charge >= 0.3 is 0 Å². The van der Waals surface area contributed by atoms with Crippen LogP contribution in [0.1, 0.15) is 47.3 Å². The number of carbonyl (C=O) groups is 3. The van der Waals surface area contributed by atoms with E-state index in [1.165, 1.54) is 4.90 Å². The van der Waals surface area contributed by atoms with Gasteiger partial charge in [0.15, 0.2) is 0 Å². The molecule has 2 aliphatic rings. The number of hydrogen-bond donors (Lipinski definition) is 1. The monoisotopic (exact) mass is 391 g/mol. The fraction of sp³-hybridized carbons (Fsp3) is 0.348. The van der Waals surface area contributed by atoms with E-state index in [1.54, 1.807) is 11.0 Å². The van der Waals surface area contributed by atoms with Gasteiger partial charge in [0, 0.05) is 6.54 Å². The van der Waals surface area contributed by atoms with Gasteiger partial charge in [-0.05, 0) is 43.9 Å². The van der Waals surface area contributed by atoms with Crippen LogP contribution in [-0.4, -0.2) is 41.8 Å². The molecule has 6 heteroatoms. The highest BCUT2D eigenvalue weighted by molar-refractivity contribution is 6.13. The summed E-state index contributed by atoms with van der Waals surface area (Å²) >= 11 is 0. The van der Waals surface area contributed by atoms with Crippen LogP contribution < -0.4 is 10.2 Å². The van der Waals surface area contributed by atoms with Gasteiger partial charge in [0.25, 0.3) is 5.91 Å². The summed E-state index contributed by atoms with van der Waals surface area (Å²) < 4.78 is 0. The van der Waals surface area contributed by atoms with Crippen molar-refractivity contribution in [2.45, 2.75) is 38.8 Å². The van der Waals surface area contributed by atoms with Crippen LogP contribution in [-0.2, 0) is 9.59 Å². The fourth-order valence-electron chi connectivity index (χ4n) is 4.31. The van der Waals surface area contributed by atoms with E-state index in [9.17, 15) is 14.4 Å². The number of amides is 3. The van der Waals surface area contributed by atoms with Crippen molar-refractivity contribution in [3.63, 3.8) is 0 Å². The number of hydrogen-bond acceptors (Lipinski definition) is 3. The summed E-state index contributed by atoms with van der Waals surface area (Å²) in [7, 11) is 0. The molecule has 4 rings (SSSR count). The average Bonchev–Trinajstić information content (AvgIpc) is 3.19. The maximum atomic E-state index is 13.3. The standard InChI is InChI=1S/C23H25N3O3/c1-15-8-6-11-18-21(15)26(23(29)19-12-7-13-25(19)22(18)28)14-20(27)24-16(2)17-9-4-3-5-10-17/h3-6,8-11,16,19H,7,12-14H2,1-2H3,(H,24,27). The van der Waals surface area contributed by atoms with Crippen molar-refractivity contribution in [2.24, 2.45) is 0 Å². The minimum Gasteiger partial charge on any atom is -0.348 e. The molecule has 1 fully saturated rings. The summed E-state index contributed by atoms with van der Waals surface area (Å²) in [5.74, 6) is -0.547. The van der Waals surface area contributed by atoms with Crippen molar-refractivity contribution in [1.82, 2.24) is 10.2 Å². The first kappa shape index (κ1) is 19.2. The van der Waals surface area contributed by atoms with Crippen LogP contribution in [0.5, 0.6) is 0 Å². The van der Waals surface area contributed by atoms with Crippen molar-refractivity contribution < 1.29 is 14.4 Å². The Labute approximate surface area is 170 Å². The number of fused-ring (bicyclic) bond motifs is 2. The maximum Gasteiger partial charge on any atom is 0.256 e. The summed E-state index contributed by atoms with van der Waals surface area (Å²) in [6.07, 6.45) is 1.44. The van der Waals surface area contributed by atoms with Crippen LogP contribution in [0, 0.1) is 6.92 Å². The molecule has 2 atom stereocenters. The van der Waals surface area contributed by atoms with Gasteiger partial charge in [0.05, 0.1) is 17.3 Å². The predicted octanol–water partition coefficient (Wildman–Crippen LogP) is 2.82. The Hall–Kier alpha value is -3.15. The van der Waals surface area contributed by atoms with Crippen molar-refractivity contribution >= 4 is 23.4 Å². The number of nitrogens with zero attached hydrogens (tertiary/aromatic N) is 2. The predicted molar refractivity (Wildman–Crippen MR) is 111 cm³/mol. The Morgan fingerprint density at radius 1 is 1.14 bits per heavy atom. The van der Waals surface area contributed by atoms with Gasteiger partial charge in [-0.1, -0.05) is 42.5 Å². The van der Waals surface area contributed by atoms with Gasteiger partial charge in [0.1, 0.15) is 12.6 Å². The first-order valence-corrected chi connectivity index (χ1v) is 10.0. The molecule has 2 heterocycles. The molecule has 0 aromatic heterocycles. The van der Waals surface area contributed by atoms with Crippen molar-refractivity contribution in [3.8, 4) is 0 Å². The van der Waals surface area contributed by atoms with Gasteiger partial charge in [-0.3, -0.25) is 14.4 Å². The molecule has 2 aromatic rings. The first-order chi connectivity index (χ1) is 14.0. The molecule has 2 aliphatic heterocycles. The lowest BCUT2D eigenvalue weighted by molar-refractivity contribution is -0.126. The minimum absolute atomic E-state index is 0.106. The van der Waals surface area contributed by atoms with Gasteiger partial charge in [-0.2, -0.15) is 0 Å². The number of aryl methyl sites for hydroxylation is 1. The zero-order chi connectivity index (χ0) is 20.5. The Bertz CT molecular complexity index is 957. The minimum atomic E-state index is -0.492. The second-order valence-corrected chi connectivity index (χ2v) is 7.75. The lowest BCUT2D eigenvalue weighted by Gasteiger charge is -2.27. The van der Waals surface area contributed by atoms with Crippen LogP contribution in [0.4, 0.5) is 5.69 Å². The molecule has 1 N–H and O–H groups in total. The van der Waals surface area contributed by atoms with Gasteiger partial charge < -0.3 is 15.1 Å². The third-order valence-electron chi connectivity index (χ3n) is 5.78. The molecule has 2 unspecified atom stereocenters. The molecule has 6 nitrogen and oxygen atoms in total. The highest BCUT2D eigenvalue weighted by atomic mass is 16.2. The van der Waals surface area contributed by atoms with Crippen LogP contribution in [0.2, 0.25) is 0 Å². The third-order valence-corrected chi connectivity index (χ3v) is 5.78. The molecule has 150 valence electrons. The molecule has 29 heavy (non-hydrogen) atoms. The number of para-hydroxylation sites is 1. The summed E-state index contributed by atoms with van der Waals surface area (Å²) in [6, 6.07) is 14.5. The van der Waals surface area contributed by atoms with E-state index in [4.69, 9.17) is 0 Å². The maximum absolute atomic E-state index is 13.3. The Balaban J connectivity index is 1.63. The van der Waals surface area contributed by atoms with Crippen LogP contribution in [0.25, 0.3) is 0 Å². The van der Waals surface area contributed by atoms with E-state index in [0.717, 1.165) is 17.5 Å². The topological polar surface area (TPSA) is 69.7 Å². The smallest absolute Gasteiger partial charge is 0.256 e. The van der Waals surface area contributed by atoms with Gasteiger partial charge in [0.2, 0.25) is 11.8 Å². The molecule has 1 saturated heterocycles. The molecular weight excluding hydrogens is 366 g/mol. The van der Waals surface area contributed by atoms with E-state index in [1.807, 2.05) is 56.3 Å². The zero-order valence-electron chi connectivity index (χ0n) is 16.7. The van der Waals surface area contributed by atoms with Crippen molar-refractivity contribution in [2.75, 3.05) is 18.0 Å². The quantitative estimate of drug-likeness (QED) is 0.871. The van der Waals surface area contributed by atoms with Crippen molar-refractivity contribution in [1.29, 1.82) is 0 Å². The Morgan fingerprint density at radius 2 is 1.90 bits per heavy atom. The largest absolute Gasteiger partial charge is 0.348 e. The van der Waals surface area contributed by atoms with Crippen molar-refractivity contribution in [3.05, 3.63) is 65.2 Å². The third kappa shape index (κ3) is 3.50. The molecule has 0 bridgehead atoms. The van der Waals surface area contributed by atoms with Gasteiger partial charge in [-0.15, -0.1) is 0 Å². The van der Waals surface area contributed by atoms with Crippen LogP contribution in [0.3, 0.4) is 0 Å². The molecule has 0 saturated carbocycles. The number of anilines is 1. The molecule has 0 spiro atoms. The average molecular weight is 391 g/mol. The summed E-state index contributed by atoms with van der Waals surface area (Å²) in [5, 5.41) is 2.97. The number of nitrogens with one attached hydrogen (secondary N) is 1. The summed E-state index contributed by atoms with van der Waals surface area (Å²) in [5.41, 5.74) is 2.86. The van der Waals surface area contributed by atoms with Crippen LogP contribution in [0.15, 0.2) is 48.5 Å². The van der Waals surface area contributed by atoms with E-state index in [-0.39, 0.29) is 30.3 Å². The normalized spacial score (nSPS) is 19.4. The molecule has 2 aromatic carbocycles. The highest BCUT2D eigenvalue weighted by Crippen LogP contribution is 2.34.